The maximum atomic E-state index is 12.6. The molecule has 3 rings (SSSR count). The highest BCUT2D eigenvalue weighted by molar-refractivity contribution is 5.86. The second-order valence-electron chi connectivity index (χ2n) is 5.34. The van der Waals surface area contributed by atoms with E-state index in [9.17, 15) is 22.8 Å². The Morgan fingerprint density at radius 2 is 1.89 bits per heavy atom. The number of ether oxygens (including phenoxy) is 1. The van der Waals surface area contributed by atoms with Crippen molar-refractivity contribution in [1.29, 1.82) is 0 Å². The van der Waals surface area contributed by atoms with Crippen molar-refractivity contribution in [3.8, 4) is 11.4 Å². The summed E-state index contributed by atoms with van der Waals surface area (Å²) in [4.78, 5) is 27.1. The number of aryl methyl sites for hydroxylation is 1. The van der Waals surface area contributed by atoms with Crippen molar-refractivity contribution >= 4 is 5.97 Å². The van der Waals surface area contributed by atoms with Crippen LogP contribution in [0.5, 0.6) is 0 Å². The Labute approximate surface area is 149 Å². The average Bonchev–Trinajstić information content (AvgIpc) is 3.10. The summed E-state index contributed by atoms with van der Waals surface area (Å²) in [5.41, 5.74) is -0.957. The van der Waals surface area contributed by atoms with Crippen LogP contribution in [0.1, 0.15) is 21.9 Å². The zero-order chi connectivity index (χ0) is 19.6. The minimum atomic E-state index is -4.44. The minimum Gasteiger partial charge on any atom is -0.451 e. The lowest BCUT2D eigenvalue weighted by Crippen LogP contribution is -2.21. The second kappa shape index (κ2) is 7.02. The number of esters is 1. The maximum Gasteiger partial charge on any atom is 0.416 e. The van der Waals surface area contributed by atoms with E-state index < -0.39 is 17.7 Å². The van der Waals surface area contributed by atoms with Crippen molar-refractivity contribution in [3.05, 3.63) is 63.9 Å². The molecule has 0 saturated carbocycles. The fourth-order valence-corrected chi connectivity index (χ4v) is 2.05. The zero-order valence-corrected chi connectivity index (χ0v) is 13.7. The topological polar surface area (TPSA) is 100 Å². The Kier molecular flexibility index (Phi) is 4.75. The molecule has 0 aliphatic heterocycles. The number of alkyl halides is 3. The van der Waals surface area contributed by atoms with Crippen LogP contribution in [0.3, 0.4) is 0 Å². The molecule has 140 valence electrons. The first kappa shape index (κ1) is 18.3. The molecular formula is C16H11F3N4O4. The van der Waals surface area contributed by atoms with E-state index in [0.717, 1.165) is 16.8 Å². The van der Waals surface area contributed by atoms with Gasteiger partial charge >= 0.3 is 12.1 Å². The molecule has 0 radical (unpaired) electrons. The lowest BCUT2D eigenvalue weighted by Gasteiger charge is -2.05. The van der Waals surface area contributed by atoms with Crippen molar-refractivity contribution in [2.45, 2.75) is 12.8 Å². The Hall–Kier alpha value is -3.50. The van der Waals surface area contributed by atoms with Gasteiger partial charge in [0.25, 0.3) is 11.4 Å². The summed E-state index contributed by atoms with van der Waals surface area (Å²) in [7, 11) is 1.38. The molecule has 0 unspecified atom stereocenters. The van der Waals surface area contributed by atoms with Gasteiger partial charge in [-0.25, -0.2) is 9.48 Å². The van der Waals surface area contributed by atoms with Gasteiger partial charge in [-0.2, -0.15) is 23.3 Å². The Morgan fingerprint density at radius 3 is 2.52 bits per heavy atom. The summed E-state index contributed by atoms with van der Waals surface area (Å²) < 4.78 is 48.5. The van der Waals surface area contributed by atoms with Crippen LogP contribution in [0.25, 0.3) is 11.4 Å². The number of carbonyl (C=O) groups excluding carboxylic acids is 1. The van der Waals surface area contributed by atoms with Crippen LogP contribution in [0.2, 0.25) is 0 Å². The van der Waals surface area contributed by atoms with Gasteiger partial charge in [0.1, 0.15) is 0 Å². The van der Waals surface area contributed by atoms with Crippen LogP contribution < -0.4 is 5.56 Å². The van der Waals surface area contributed by atoms with E-state index >= 15 is 0 Å². The van der Waals surface area contributed by atoms with E-state index in [-0.39, 0.29) is 29.6 Å². The predicted molar refractivity (Wildman–Crippen MR) is 83.3 cm³/mol. The maximum absolute atomic E-state index is 12.6. The molecular weight excluding hydrogens is 369 g/mol. The lowest BCUT2D eigenvalue weighted by molar-refractivity contribution is -0.137. The van der Waals surface area contributed by atoms with Crippen LogP contribution in [-0.4, -0.2) is 25.9 Å². The molecule has 27 heavy (non-hydrogen) atoms. The van der Waals surface area contributed by atoms with Gasteiger partial charge in [0.2, 0.25) is 5.82 Å². The first-order valence-electron chi connectivity index (χ1n) is 7.46. The van der Waals surface area contributed by atoms with Crippen molar-refractivity contribution in [1.82, 2.24) is 19.9 Å². The number of benzene rings is 1. The highest BCUT2D eigenvalue weighted by Crippen LogP contribution is 2.30. The zero-order valence-electron chi connectivity index (χ0n) is 13.7. The van der Waals surface area contributed by atoms with Crippen LogP contribution in [0.15, 0.2) is 45.7 Å². The summed E-state index contributed by atoms with van der Waals surface area (Å²) in [6, 6.07) is 6.59. The van der Waals surface area contributed by atoms with E-state index in [1.54, 1.807) is 0 Å². The third-order valence-electron chi connectivity index (χ3n) is 3.43. The fourth-order valence-electron chi connectivity index (χ4n) is 2.05. The summed E-state index contributed by atoms with van der Waals surface area (Å²) in [6.45, 7) is -0.364. The second-order valence-corrected chi connectivity index (χ2v) is 5.34. The summed E-state index contributed by atoms with van der Waals surface area (Å²) in [5, 5.41) is 7.37. The number of halogens is 3. The standard InChI is InChI=1S/C16H11F3N4O4/c1-23-13(24)7-6-11(21-23)15(25)26-8-12-20-14(22-27-12)9-2-4-10(5-3-9)16(17,18)19/h2-7H,8H2,1H3. The van der Waals surface area contributed by atoms with Crippen LogP contribution in [-0.2, 0) is 24.6 Å². The Bertz CT molecular complexity index is 1030. The SMILES string of the molecule is Cn1nc(C(=O)OCc2nc(-c3ccc(C(F)(F)F)cc3)no2)ccc1=O. The smallest absolute Gasteiger partial charge is 0.416 e. The normalized spacial score (nSPS) is 11.4. The van der Waals surface area contributed by atoms with Crippen molar-refractivity contribution in [2.75, 3.05) is 0 Å². The Morgan fingerprint density at radius 1 is 1.19 bits per heavy atom. The first-order valence-corrected chi connectivity index (χ1v) is 7.46. The number of rotatable bonds is 4. The van der Waals surface area contributed by atoms with Gasteiger partial charge in [-0.3, -0.25) is 4.79 Å². The van der Waals surface area contributed by atoms with Gasteiger partial charge in [-0.1, -0.05) is 17.3 Å². The third-order valence-corrected chi connectivity index (χ3v) is 3.43. The molecule has 8 nitrogen and oxygen atoms in total. The van der Waals surface area contributed by atoms with E-state index in [1.807, 2.05) is 0 Å². The fraction of sp³-hybridized carbons (Fsp3) is 0.188. The predicted octanol–water partition coefficient (Wildman–Crippen LogP) is 2.21. The largest absolute Gasteiger partial charge is 0.451 e. The number of hydrogen-bond acceptors (Lipinski definition) is 7. The van der Waals surface area contributed by atoms with E-state index in [2.05, 4.69) is 15.2 Å². The number of carbonyl (C=O) groups is 1. The van der Waals surface area contributed by atoms with Crippen molar-refractivity contribution in [2.24, 2.45) is 7.05 Å². The van der Waals surface area contributed by atoms with Gasteiger partial charge < -0.3 is 9.26 Å². The van der Waals surface area contributed by atoms with E-state index in [0.29, 0.717) is 5.56 Å². The van der Waals surface area contributed by atoms with Gasteiger partial charge in [0, 0.05) is 18.7 Å². The molecule has 0 amide bonds. The molecule has 0 N–H and O–H groups in total. The lowest BCUT2D eigenvalue weighted by atomic mass is 10.1. The molecule has 0 aliphatic carbocycles. The van der Waals surface area contributed by atoms with Gasteiger partial charge in [0.15, 0.2) is 12.3 Å². The summed E-state index contributed by atoms with van der Waals surface area (Å²) in [5.74, 6) is -0.807. The highest BCUT2D eigenvalue weighted by Gasteiger charge is 2.30. The number of hydrogen-bond donors (Lipinski definition) is 0. The molecule has 0 atom stereocenters. The third kappa shape index (κ3) is 4.19. The van der Waals surface area contributed by atoms with Gasteiger partial charge in [-0.15, -0.1) is 0 Å². The molecule has 0 fully saturated rings. The molecule has 3 aromatic rings. The van der Waals surface area contributed by atoms with Crippen molar-refractivity contribution in [3.63, 3.8) is 0 Å². The van der Waals surface area contributed by atoms with Crippen molar-refractivity contribution < 1.29 is 27.2 Å². The van der Waals surface area contributed by atoms with E-state index in [1.165, 1.54) is 31.3 Å². The quantitative estimate of drug-likeness (QED) is 0.640. The average molecular weight is 380 g/mol. The molecule has 2 aromatic heterocycles. The van der Waals surface area contributed by atoms with Crippen LogP contribution in [0, 0.1) is 0 Å². The van der Waals surface area contributed by atoms with Crippen LogP contribution >= 0.6 is 0 Å². The molecule has 0 aliphatic rings. The van der Waals surface area contributed by atoms with Crippen LogP contribution in [0.4, 0.5) is 13.2 Å². The Balaban J connectivity index is 1.66. The summed E-state index contributed by atoms with van der Waals surface area (Å²) in [6.07, 6.45) is -4.44. The molecule has 0 spiro atoms. The molecule has 11 heteroatoms. The monoisotopic (exact) mass is 380 g/mol. The number of nitrogens with zero attached hydrogens (tertiary/aromatic N) is 4. The molecule has 0 saturated heterocycles. The summed E-state index contributed by atoms with van der Waals surface area (Å²) >= 11 is 0. The minimum absolute atomic E-state index is 0.0509. The van der Waals surface area contributed by atoms with Gasteiger partial charge in [0.05, 0.1) is 5.56 Å². The van der Waals surface area contributed by atoms with E-state index in [4.69, 9.17) is 9.26 Å². The van der Waals surface area contributed by atoms with Gasteiger partial charge in [-0.05, 0) is 18.2 Å². The molecule has 2 heterocycles. The molecule has 0 bridgehead atoms. The number of aromatic nitrogens is 4. The first-order chi connectivity index (χ1) is 12.7. The molecule has 1 aromatic carbocycles. The highest BCUT2D eigenvalue weighted by atomic mass is 19.4.